The molecule has 0 aromatic heterocycles. The van der Waals surface area contributed by atoms with Gasteiger partial charge in [-0.05, 0) is 80.0 Å². The highest BCUT2D eigenvalue weighted by atomic mass is 127. The number of esters is 1. The number of hydrogen-bond acceptors (Lipinski definition) is 7. The monoisotopic (exact) mass is 797 g/mol. The molecular weight excluding hydrogens is 762 g/mol. The molecule has 2 atom stereocenters. The van der Waals surface area contributed by atoms with Gasteiger partial charge in [-0.25, -0.2) is 17.9 Å². The summed E-state index contributed by atoms with van der Waals surface area (Å²) >= 11 is -0.747. The van der Waals surface area contributed by atoms with Crippen LogP contribution in [0.3, 0.4) is 0 Å². The molecule has 1 heterocycles. The molecule has 0 spiro atoms. The van der Waals surface area contributed by atoms with E-state index in [9.17, 15) is 26.4 Å². The summed E-state index contributed by atoms with van der Waals surface area (Å²) in [6, 6.07) is 15.9. The molecule has 3 saturated carbocycles. The number of allylic oxidation sites excluding steroid dienone is 1. The molecule has 2 bridgehead atoms. The van der Waals surface area contributed by atoms with E-state index in [4.69, 9.17) is 14.2 Å². The molecule has 1 N–H and O–H groups in total. The molecule has 4 aliphatic rings. The maximum atomic E-state index is 13.8. The minimum atomic E-state index is -4.80. The van der Waals surface area contributed by atoms with Gasteiger partial charge in [-0.1, -0.05) is 57.1 Å². The van der Waals surface area contributed by atoms with Crippen LogP contribution in [0.25, 0.3) is 10.8 Å². The van der Waals surface area contributed by atoms with Gasteiger partial charge >= 0.3 is 12.3 Å². The predicted molar refractivity (Wildman–Crippen MR) is 182 cm³/mol. The minimum Gasteiger partial charge on any atom is -0.487 e. The standard InChI is InChI=1S/C35H35F3INO7S/c1-44-34(41)24-13-14-26-21(15-24)5-4-8-30(26)48(42,43)40-32-22-11-12-23(32)17-25(16-22)45-18-28-31(39-19-46-33(28)20-9-10-20)27-6-2-3-7-29(27)47-35(36,37)38/h2-8,13-15,20,22-23,25,32,40H,9-12,16-19H2,1H3. The predicted octanol–water partition coefficient (Wildman–Crippen LogP) is 7.22. The average molecular weight is 798 g/mol. The van der Waals surface area contributed by atoms with Crippen molar-refractivity contribution in [3.63, 3.8) is 0 Å². The Labute approximate surface area is 286 Å². The molecule has 2 unspecified atom stereocenters. The molecule has 0 amide bonds. The van der Waals surface area contributed by atoms with Crippen molar-refractivity contribution in [3.8, 4) is 5.75 Å². The average Bonchev–Trinajstić information content (AvgIpc) is 3.88. The number of benzene rings is 3. The van der Waals surface area contributed by atoms with Crippen molar-refractivity contribution in [2.24, 2.45) is 17.8 Å². The second kappa shape index (κ2) is 13.4. The number of halogens is 4. The second-order valence-electron chi connectivity index (χ2n) is 12.7. The van der Waals surface area contributed by atoms with Crippen molar-refractivity contribution in [3.05, 3.63) is 83.1 Å². The van der Waals surface area contributed by atoms with Gasteiger partial charge < -0.3 is 18.9 Å². The second-order valence-corrected chi connectivity index (χ2v) is 16.8. The van der Waals surface area contributed by atoms with Crippen molar-refractivity contribution in [1.29, 1.82) is 0 Å². The van der Waals surface area contributed by atoms with Gasteiger partial charge in [-0.2, -0.15) is 0 Å². The van der Waals surface area contributed by atoms with Crippen molar-refractivity contribution in [1.82, 2.24) is 4.72 Å². The number of ether oxygens (including phenoxy) is 4. The summed E-state index contributed by atoms with van der Waals surface area (Å²) in [6.45, 7) is 0.227. The lowest BCUT2D eigenvalue weighted by Gasteiger charge is -2.36. The topological polar surface area (TPSA) is 100 Å². The smallest absolute Gasteiger partial charge is 0.487 e. The van der Waals surface area contributed by atoms with Crippen LogP contribution in [0.15, 0.2) is 76.9 Å². The Kier molecular flexibility index (Phi) is 9.32. The maximum Gasteiger partial charge on any atom is 0.573 e. The molecule has 48 heavy (non-hydrogen) atoms. The molecule has 3 aromatic rings. The van der Waals surface area contributed by atoms with E-state index in [1.165, 1.54) is 19.2 Å². The van der Waals surface area contributed by atoms with Crippen LogP contribution < -0.4 is 9.46 Å². The molecule has 0 saturated heterocycles. The molecule has 8 nitrogen and oxygen atoms in total. The zero-order valence-electron chi connectivity index (χ0n) is 26.1. The zero-order chi connectivity index (χ0) is 33.6. The number of methoxy groups -OCH3 is 1. The van der Waals surface area contributed by atoms with Crippen molar-refractivity contribution in [2.45, 2.75) is 61.9 Å². The minimum absolute atomic E-state index is 0.0840. The summed E-state index contributed by atoms with van der Waals surface area (Å²) < 4.78 is 93.7. The van der Waals surface area contributed by atoms with Crippen LogP contribution in [0.4, 0.5) is 13.2 Å². The number of fused-ring (bicyclic) bond motifs is 3. The van der Waals surface area contributed by atoms with Gasteiger partial charge in [-0.15, -0.1) is 13.2 Å². The highest BCUT2D eigenvalue weighted by Crippen LogP contribution is 2.46. The van der Waals surface area contributed by atoms with E-state index in [1.807, 2.05) is 0 Å². The molecule has 3 aromatic carbocycles. The van der Waals surface area contributed by atoms with Crippen LogP contribution in [0.2, 0.25) is 0 Å². The SMILES string of the molecule is COC(=O)c1ccc2c(S(=O)(=O)NC3C4CCC3CC(OCC3=C(C5CC5)OCI=C3c3ccccc3OC(F)(F)F)C4)cccc2c1. The summed E-state index contributed by atoms with van der Waals surface area (Å²) in [5.74, 6) is 0.541. The molecule has 1 aliphatic heterocycles. The van der Waals surface area contributed by atoms with Gasteiger partial charge in [0.05, 0.1) is 30.3 Å². The third kappa shape index (κ3) is 7.01. The molecule has 3 aliphatic carbocycles. The Hall–Kier alpha value is -3.01. The number of hydrogen-bond donors (Lipinski definition) is 1. The summed E-state index contributed by atoms with van der Waals surface area (Å²) in [5.41, 5.74) is 1.63. The first-order valence-electron chi connectivity index (χ1n) is 15.9. The van der Waals surface area contributed by atoms with E-state index in [2.05, 4.69) is 9.46 Å². The highest BCUT2D eigenvalue weighted by molar-refractivity contribution is 14.2. The lowest BCUT2D eigenvalue weighted by molar-refractivity contribution is -0.274. The van der Waals surface area contributed by atoms with Crippen LogP contribution in [0.1, 0.15) is 54.4 Å². The molecule has 13 heteroatoms. The Morgan fingerprint density at radius 3 is 2.46 bits per heavy atom. The van der Waals surface area contributed by atoms with Crippen LogP contribution in [-0.4, -0.2) is 54.7 Å². The van der Waals surface area contributed by atoms with E-state index in [-0.39, 0.29) is 47.2 Å². The number of sulfonamides is 1. The lowest BCUT2D eigenvalue weighted by Crippen LogP contribution is -2.46. The number of rotatable bonds is 10. The summed E-state index contributed by atoms with van der Waals surface area (Å²) in [7, 11) is -2.59. The van der Waals surface area contributed by atoms with Gasteiger partial charge in [0.15, 0.2) is 0 Å². The number of nitrogens with one attached hydrogen (secondary N) is 1. The summed E-state index contributed by atoms with van der Waals surface area (Å²) in [5, 5.41) is 1.15. The first-order chi connectivity index (χ1) is 23.0. The van der Waals surface area contributed by atoms with Crippen LogP contribution in [0.5, 0.6) is 5.75 Å². The third-order valence-electron chi connectivity index (χ3n) is 9.62. The number of carbonyl (C=O) groups is 1. The van der Waals surface area contributed by atoms with E-state index >= 15 is 0 Å². The van der Waals surface area contributed by atoms with Crippen LogP contribution in [0, 0.1) is 17.8 Å². The normalized spacial score (nSPS) is 24.5. The van der Waals surface area contributed by atoms with E-state index in [1.54, 1.807) is 48.5 Å². The number of para-hydroxylation sites is 1. The van der Waals surface area contributed by atoms with Crippen molar-refractivity contribution < 1.29 is 45.3 Å². The Morgan fingerprint density at radius 2 is 1.75 bits per heavy atom. The third-order valence-corrected chi connectivity index (χ3v) is 13.8. The molecular formula is C35H35F3INO7S. The molecule has 7 rings (SSSR count). The van der Waals surface area contributed by atoms with E-state index in [0.717, 1.165) is 40.5 Å². The van der Waals surface area contributed by atoms with E-state index in [0.29, 0.717) is 39.4 Å². The number of carbonyl (C=O) groups excluding carboxylic acids is 1. The molecule has 3 fully saturated rings. The van der Waals surface area contributed by atoms with Gasteiger partial charge in [0, 0.05) is 32.0 Å². The fourth-order valence-corrected chi connectivity index (χ4v) is 11.5. The van der Waals surface area contributed by atoms with E-state index < -0.39 is 43.1 Å². The highest BCUT2D eigenvalue weighted by Gasteiger charge is 2.45. The Balaban J connectivity index is 1.06. The molecule has 0 radical (unpaired) electrons. The van der Waals surface area contributed by atoms with Crippen molar-refractivity contribution >= 4 is 51.0 Å². The quantitative estimate of drug-likeness (QED) is 0.132. The lowest BCUT2D eigenvalue weighted by atomic mass is 9.83. The largest absolute Gasteiger partial charge is 0.573 e. The fraction of sp³-hybridized carbons (Fsp3) is 0.429. The maximum absolute atomic E-state index is 13.8. The summed E-state index contributed by atoms with van der Waals surface area (Å²) in [6.07, 6.45) is 0.127. The molecule has 256 valence electrons. The van der Waals surface area contributed by atoms with Crippen molar-refractivity contribution in [2.75, 3.05) is 18.3 Å². The Morgan fingerprint density at radius 1 is 1.00 bits per heavy atom. The van der Waals surface area contributed by atoms with Crippen LogP contribution >= 0.6 is 20.7 Å². The van der Waals surface area contributed by atoms with Gasteiger partial charge in [0.1, 0.15) is 16.1 Å². The first-order valence-corrected chi connectivity index (χ1v) is 20.0. The fourth-order valence-electron chi connectivity index (χ4n) is 7.34. The Bertz CT molecular complexity index is 1890. The van der Waals surface area contributed by atoms with Crippen LogP contribution in [-0.2, 0) is 24.2 Å². The first kappa shape index (κ1) is 33.5. The van der Waals surface area contributed by atoms with Gasteiger partial charge in [0.25, 0.3) is 0 Å². The number of alkyl halides is 4. The zero-order valence-corrected chi connectivity index (χ0v) is 29.1. The van der Waals surface area contributed by atoms with Gasteiger partial charge in [-0.3, -0.25) is 0 Å². The van der Waals surface area contributed by atoms with Gasteiger partial charge in [0.2, 0.25) is 10.0 Å². The summed E-state index contributed by atoms with van der Waals surface area (Å²) in [4.78, 5) is 12.2.